The number of halogens is 3. The van der Waals surface area contributed by atoms with Gasteiger partial charge in [-0.25, -0.2) is 19.2 Å². The molecule has 34 nitrogen and oxygen atoms in total. The molecule has 8 N–H and O–H groups in total. The van der Waals surface area contributed by atoms with Crippen molar-refractivity contribution in [2.75, 3.05) is 102 Å². The van der Waals surface area contributed by atoms with E-state index >= 15 is 0 Å². The van der Waals surface area contributed by atoms with Gasteiger partial charge in [-0.05, 0) is 95.5 Å². The highest BCUT2D eigenvalue weighted by Gasteiger charge is 2.66. The number of thioether (sulfide) groups is 1. The molecule has 39 heteroatoms. The number of esters is 2. The highest BCUT2D eigenvalue weighted by Crippen LogP contribution is 2.51. The standard InChI is InChI=1S/C40H55ClN4O13S.C35H48ClN3O10S.C5H8BrNO3.CH4/c1-22-10-9-11-29(55-8)40(53)20-28(56-38(52)43-40)23(2)36-39(4,58-36)30(19-33(48)45(6)26-17-25(16-22)18-27(54-7)35(26)41)57-37(51)24(3)44(5)32(47)13-15-59-21-31(46)42-14-12-34(49)50;1-19-10-9-11-26(46-8)35(44)18-25(47-33(43)37-35)20(2)31-34(4,49-31)27(48-32(42)21(3)38(5)28(40)12-13-50)17-29(41)39(6)23-15-22(14-19)16-24(45-7)30(23)36;6-3-4(8)7-2-1-5(9)10;/h9-11,17-18,23-24,28-30,36,53H,12-16,19-21H2,1-8H3,(H,42,46)(H,43,52)(H,49,50);9-11,15-16,20-21,25-27,31,44,50H,12-14,17-18H2,1-8H3,(H,37,43);1-3H2,(H,7,8)(H,9,10);1H4/b11-9+,22-10+;11-9+,19-10+;;/t23-,24+,28+,29-,30+,36+,39+,40+;20-,21+,25+,26-,27+,31+,34+,35+;;/m11../s1/i;;;1D. The number of carboxylic acid groups (broad SMARTS) is 2. The molecule has 0 aromatic heterocycles. The van der Waals surface area contributed by atoms with E-state index in [1.807, 2.05) is 26.0 Å². The summed E-state index contributed by atoms with van der Waals surface area (Å²) in [6.07, 6.45) is 1.36. The average Bonchev–Trinajstić information content (AvgIpc) is 1.57. The van der Waals surface area contributed by atoms with Gasteiger partial charge in [0.2, 0.25) is 35.4 Å². The lowest BCUT2D eigenvalue weighted by Gasteiger charge is -2.42. The molecule has 0 radical (unpaired) electrons. The molecule has 4 fully saturated rings. The number of nitrogens with one attached hydrogen (secondary N) is 4. The van der Waals surface area contributed by atoms with Crippen LogP contribution in [0, 0.1) is 11.8 Å². The number of alkyl carbamates (subject to hydrolysis) is 2. The number of hydrogen-bond acceptors (Lipinski definition) is 26. The molecule has 6 heterocycles. The van der Waals surface area contributed by atoms with E-state index in [9.17, 15) is 67.7 Å². The smallest absolute Gasteiger partial charge is 0.409 e. The van der Waals surface area contributed by atoms with Crippen LogP contribution in [0.5, 0.6) is 11.5 Å². The molecular weight excluding hydrogens is 1720 g/mol. The summed E-state index contributed by atoms with van der Waals surface area (Å²) in [5.74, 6) is -5.44. The lowest BCUT2D eigenvalue weighted by atomic mass is 9.83. The van der Waals surface area contributed by atoms with Gasteiger partial charge in [-0.3, -0.25) is 49.0 Å². The Balaban J connectivity index is 0.000000382. The minimum atomic E-state index is -1.86. The van der Waals surface area contributed by atoms with Crippen LogP contribution in [0.1, 0.15) is 127 Å². The zero-order chi connectivity index (χ0) is 90.9. The zero-order valence-corrected chi connectivity index (χ0v) is 75.4. The van der Waals surface area contributed by atoms with Crippen molar-refractivity contribution < 1.29 is 127 Å². The van der Waals surface area contributed by atoms with Gasteiger partial charge in [0.05, 0.1) is 74.6 Å². The normalized spacial score (nSPS) is 28.5. The van der Waals surface area contributed by atoms with E-state index in [0.717, 1.165) is 22.3 Å². The number of rotatable bonds is 24. The van der Waals surface area contributed by atoms with Crippen molar-refractivity contribution in [3.05, 3.63) is 93.0 Å². The quantitative estimate of drug-likeness (QED) is 0.0121. The first-order valence-corrected chi connectivity index (χ1v) is 42.0. The summed E-state index contributed by atoms with van der Waals surface area (Å²) in [6.45, 7) is 14.0. The first kappa shape index (κ1) is 101. The third-order valence-electron chi connectivity index (χ3n) is 21.5. The maximum absolute atomic E-state index is 14.2. The molecule has 2 aromatic carbocycles. The van der Waals surface area contributed by atoms with Crippen molar-refractivity contribution in [3.8, 4) is 11.5 Å². The second-order valence-electron chi connectivity index (χ2n) is 30.2. The second-order valence-corrected chi connectivity index (χ2v) is 33.1. The summed E-state index contributed by atoms with van der Waals surface area (Å²) < 4.78 is 64.0. The van der Waals surface area contributed by atoms with Gasteiger partial charge in [-0.2, -0.15) is 24.4 Å². The monoisotopic (exact) mass is 1830 g/mol. The highest BCUT2D eigenvalue weighted by molar-refractivity contribution is 9.09. The Labute approximate surface area is 729 Å². The molecule has 6 aliphatic heterocycles. The minimum absolute atomic E-state index is 0.00262. The summed E-state index contributed by atoms with van der Waals surface area (Å²) in [7, 11) is 13.1. The van der Waals surface area contributed by atoms with E-state index < -0.39 is 149 Å². The number of aliphatic hydroxyl groups is 2. The van der Waals surface area contributed by atoms with Crippen molar-refractivity contribution in [2.45, 2.75) is 211 Å². The maximum Gasteiger partial charge on any atom is 0.409 e. The number of hydrogen-bond donors (Lipinski definition) is 9. The Bertz CT molecular complexity index is 4170. The Hall–Kier alpha value is -8.24. The van der Waals surface area contributed by atoms with Gasteiger partial charge in [0, 0.05) is 100 Å². The molecule has 8 bridgehead atoms. The van der Waals surface area contributed by atoms with Crippen LogP contribution < -0.4 is 40.5 Å². The molecule has 668 valence electrons. The number of aliphatic carboxylic acids is 2. The van der Waals surface area contributed by atoms with Crippen molar-refractivity contribution in [2.24, 2.45) is 11.8 Å². The number of carbonyl (C=O) groups excluding carboxylic acids is 10. The SMILES string of the molecule is COc1cc2cc(c1Cl)N(C)C(=O)C[C@H](OC(=O)[C@H](C)N(C)C(=O)CCS)[C@]1(C)O[C@H]1[C@H](C)[C@@H]1C[C@@](O)(NC(=O)O1)[C@H](OC)/C=C/C=C(\C)C2.COc1cc2cc(c1Cl)N(C)C(=O)C[C@H](OC(=O)[C@H](C)N(C)C(=O)CCSCC(=O)NCCC(=O)O)[C@]1(C)O[C@H]1[C@H](C)[C@@H]1C[C@@](O)(NC(=O)O1)[C@H](OC)/C=C/C=C(\C)C2.O=C(O)CCNC(=O)CBr.[2H]C. The molecule has 16 atom stereocenters. The Kier molecular flexibility index (Phi) is 38.4. The van der Waals surface area contributed by atoms with Gasteiger partial charge in [0.25, 0.3) is 0 Å². The maximum atomic E-state index is 14.2. The largest absolute Gasteiger partial charge is 0.495 e. The number of alkyl halides is 1. The fourth-order valence-corrected chi connectivity index (χ4v) is 15.7. The van der Waals surface area contributed by atoms with E-state index in [4.69, 9.17) is 82.2 Å². The summed E-state index contributed by atoms with van der Waals surface area (Å²) in [5.41, 5.74) is -2.02. The molecule has 8 amide bonds. The first-order valence-electron chi connectivity index (χ1n) is 39.3. The Morgan fingerprint density at radius 1 is 0.667 bits per heavy atom. The zero-order valence-electron chi connectivity index (χ0n) is 71.6. The van der Waals surface area contributed by atoms with Crippen molar-refractivity contribution in [3.63, 3.8) is 0 Å². The third-order valence-corrected chi connectivity index (χ3v) is 24.0. The number of amides is 8. The lowest BCUT2D eigenvalue weighted by molar-refractivity contribution is -0.162. The van der Waals surface area contributed by atoms with Crippen LogP contribution in [0.3, 0.4) is 0 Å². The summed E-state index contributed by atoms with van der Waals surface area (Å²) >= 11 is 21.7. The van der Waals surface area contributed by atoms with Crippen LogP contribution >= 0.6 is 63.5 Å². The predicted octanol–water partition coefficient (Wildman–Crippen LogP) is 7.67. The number of methoxy groups -OCH3 is 4. The fourth-order valence-electron chi connectivity index (χ4n) is 13.9. The number of carboxylic acids is 2. The molecule has 2 aromatic rings. The van der Waals surface area contributed by atoms with Gasteiger partial charge in [-0.1, -0.05) is 108 Å². The lowest BCUT2D eigenvalue weighted by Crippen LogP contribution is -2.63. The first-order chi connectivity index (χ1) is 56.9. The van der Waals surface area contributed by atoms with Crippen molar-refractivity contribution >= 4 is 146 Å². The second kappa shape index (κ2) is 45.8. The van der Waals surface area contributed by atoms with E-state index in [1.54, 1.807) is 90.4 Å². The van der Waals surface area contributed by atoms with Gasteiger partial charge < -0.3 is 98.0 Å². The Morgan fingerprint density at radius 3 is 1.41 bits per heavy atom. The number of fused-ring (bicyclic) bond motifs is 10. The van der Waals surface area contributed by atoms with E-state index in [-0.39, 0.29) is 109 Å². The number of thiol groups is 1. The highest BCUT2D eigenvalue weighted by atomic mass is 79.9. The number of likely N-dealkylation sites (N-methyl/N-ethyl adjacent to an activating group) is 2. The number of allylic oxidation sites excluding steroid dienone is 6. The molecule has 8 rings (SSSR count). The number of ether oxygens (including phenoxy) is 10. The van der Waals surface area contributed by atoms with Crippen LogP contribution in [0.4, 0.5) is 21.0 Å². The molecule has 4 saturated heterocycles. The number of carbonyl (C=O) groups is 12. The van der Waals surface area contributed by atoms with Gasteiger partial charge in [0.15, 0.2) is 11.4 Å². The fraction of sp³-hybridized carbons (Fsp3) is 0.605. The minimum Gasteiger partial charge on any atom is -0.495 e. The molecule has 0 saturated carbocycles. The molecule has 0 unspecified atom stereocenters. The van der Waals surface area contributed by atoms with Crippen LogP contribution in [0.25, 0.3) is 0 Å². The van der Waals surface area contributed by atoms with Crippen LogP contribution in [0.15, 0.2) is 71.9 Å². The van der Waals surface area contributed by atoms with Crippen LogP contribution in [-0.4, -0.2) is 278 Å². The van der Waals surface area contributed by atoms with Crippen LogP contribution in [0.2, 0.25) is 10.0 Å². The van der Waals surface area contributed by atoms with Crippen molar-refractivity contribution in [1.82, 2.24) is 31.1 Å². The van der Waals surface area contributed by atoms with Gasteiger partial charge in [0.1, 0.15) is 81.5 Å². The van der Waals surface area contributed by atoms with E-state index in [1.165, 1.54) is 95.1 Å². The number of benzene rings is 2. The Morgan fingerprint density at radius 2 is 1.05 bits per heavy atom. The van der Waals surface area contributed by atoms with E-state index in [0.29, 0.717) is 41.5 Å². The van der Waals surface area contributed by atoms with Gasteiger partial charge in [-0.15, -0.1) is 0 Å². The third kappa shape index (κ3) is 27.4. The molecule has 120 heavy (non-hydrogen) atoms. The number of anilines is 2. The summed E-state index contributed by atoms with van der Waals surface area (Å²) in [5, 5.41) is 50.8. The summed E-state index contributed by atoms with van der Waals surface area (Å²) in [4.78, 5) is 155. The molecule has 0 spiro atoms. The molecular formula is C81H115BrCl2N8O26S2. The van der Waals surface area contributed by atoms with Crippen molar-refractivity contribution in [1.29, 1.82) is 0 Å². The molecule has 6 aliphatic rings. The predicted molar refractivity (Wildman–Crippen MR) is 453 cm³/mol. The van der Waals surface area contributed by atoms with E-state index in [2.05, 4.69) is 49.8 Å². The average molecular weight is 1830 g/mol. The van der Waals surface area contributed by atoms with Crippen LogP contribution in [-0.2, 0) is 98.7 Å². The molecule has 0 aliphatic carbocycles. The number of nitrogens with zero attached hydrogens (tertiary/aromatic N) is 4. The summed E-state index contributed by atoms with van der Waals surface area (Å²) in [6, 6.07) is 5.04. The topological polar surface area (TPSA) is 446 Å². The van der Waals surface area contributed by atoms with Gasteiger partial charge >= 0.3 is 36.1 Å². The number of epoxide rings is 2.